The molecule has 6 heteroatoms. The monoisotopic (exact) mass is 381 g/mol. The highest BCUT2D eigenvalue weighted by atomic mass is 127. The number of nitrogens with zero attached hydrogens (tertiary/aromatic N) is 1. The van der Waals surface area contributed by atoms with Gasteiger partial charge in [-0.05, 0) is 46.9 Å². The van der Waals surface area contributed by atoms with Gasteiger partial charge in [0.2, 0.25) is 0 Å². The Bertz CT molecular complexity index is 595. The first-order valence-electron chi connectivity index (χ1n) is 4.55. The average Bonchev–Trinajstić information content (AvgIpc) is 2.60. The minimum absolute atomic E-state index is 0.165. The first-order valence-corrected chi connectivity index (χ1v) is 6.39. The van der Waals surface area contributed by atoms with Gasteiger partial charge in [-0.2, -0.15) is 0 Å². The topological polar surface area (TPSA) is 42.2 Å². The zero-order valence-electron chi connectivity index (χ0n) is 8.32. The van der Waals surface area contributed by atoms with Crippen molar-refractivity contribution in [1.29, 1.82) is 0 Å². The Balaban J connectivity index is 2.63. The molecule has 0 fully saturated rings. The van der Waals surface area contributed by atoms with Gasteiger partial charge in [-0.3, -0.25) is 0 Å². The Morgan fingerprint density at radius 3 is 2.59 bits per heavy atom. The van der Waals surface area contributed by atoms with Crippen molar-refractivity contribution in [1.82, 2.24) is 4.57 Å². The van der Waals surface area contributed by atoms with Gasteiger partial charge in [0.05, 0.1) is 10.7 Å². The van der Waals surface area contributed by atoms with Crippen LogP contribution in [0.4, 0.5) is 0 Å². The second-order valence-corrected chi connectivity index (χ2v) is 5.40. The standard InChI is InChI=1S/C11H6Cl2INO2/c12-6-1-2-9(8(13)3-6)15-5-7(14)4-10(15)11(16)17/h1-5H,(H,16,17). The van der Waals surface area contributed by atoms with E-state index in [9.17, 15) is 4.79 Å². The summed E-state index contributed by atoms with van der Waals surface area (Å²) in [6.07, 6.45) is 1.71. The lowest BCUT2D eigenvalue weighted by Crippen LogP contribution is -2.05. The van der Waals surface area contributed by atoms with Crippen LogP contribution in [0.3, 0.4) is 0 Å². The number of carboxylic acids is 1. The van der Waals surface area contributed by atoms with Crippen LogP contribution >= 0.6 is 45.8 Å². The predicted octanol–water partition coefficient (Wildman–Crippen LogP) is 4.09. The quantitative estimate of drug-likeness (QED) is 0.796. The molecule has 0 saturated carbocycles. The molecule has 0 aliphatic heterocycles. The highest BCUT2D eigenvalue weighted by Crippen LogP contribution is 2.27. The summed E-state index contributed by atoms with van der Waals surface area (Å²) in [4.78, 5) is 11.1. The zero-order chi connectivity index (χ0) is 12.6. The van der Waals surface area contributed by atoms with Crippen molar-refractivity contribution in [3.8, 4) is 5.69 Å². The third-order valence-electron chi connectivity index (χ3n) is 2.17. The van der Waals surface area contributed by atoms with Gasteiger partial charge in [-0.25, -0.2) is 4.79 Å². The number of aromatic carboxylic acids is 1. The van der Waals surface area contributed by atoms with Crippen LogP contribution < -0.4 is 0 Å². The first kappa shape index (κ1) is 12.7. The summed E-state index contributed by atoms with van der Waals surface area (Å²) >= 11 is 13.9. The van der Waals surface area contributed by atoms with Crippen LogP contribution in [0.2, 0.25) is 10.0 Å². The fourth-order valence-electron chi connectivity index (χ4n) is 1.47. The average molecular weight is 382 g/mol. The van der Waals surface area contributed by atoms with E-state index in [-0.39, 0.29) is 5.69 Å². The molecule has 88 valence electrons. The lowest BCUT2D eigenvalue weighted by atomic mass is 10.3. The van der Waals surface area contributed by atoms with Crippen LogP contribution in [0.5, 0.6) is 0 Å². The highest BCUT2D eigenvalue weighted by molar-refractivity contribution is 14.1. The van der Waals surface area contributed by atoms with E-state index in [0.717, 1.165) is 3.57 Å². The van der Waals surface area contributed by atoms with Crippen molar-refractivity contribution in [2.24, 2.45) is 0 Å². The minimum atomic E-state index is -1.00. The molecule has 0 spiro atoms. The zero-order valence-corrected chi connectivity index (χ0v) is 12.0. The minimum Gasteiger partial charge on any atom is -0.477 e. The van der Waals surface area contributed by atoms with E-state index in [1.165, 1.54) is 4.57 Å². The van der Waals surface area contributed by atoms with E-state index >= 15 is 0 Å². The molecule has 1 N–H and O–H groups in total. The number of hydrogen-bond donors (Lipinski definition) is 1. The van der Waals surface area contributed by atoms with Crippen molar-refractivity contribution in [3.05, 3.63) is 49.8 Å². The normalized spacial score (nSPS) is 10.5. The van der Waals surface area contributed by atoms with Crippen molar-refractivity contribution >= 4 is 51.8 Å². The van der Waals surface area contributed by atoms with Crippen LogP contribution in [-0.2, 0) is 0 Å². The molecule has 1 aromatic carbocycles. The lowest BCUT2D eigenvalue weighted by molar-refractivity contribution is 0.0688. The van der Waals surface area contributed by atoms with Gasteiger partial charge >= 0.3 is 5.97 Å². The molecule has 0 bridgehead atoms. The molecule has 0 atom stereocenters. The van der Waals surface area contributed by atoms with E-state index < -0.39 is 5.97 Å². The summed E-state index contributed by atoms with van der Waals surface area (Å²) < 4.78 is 2.36. The maximum atomic E-state index is 11.1. The Morgan fingerprint density at radius 1 is 1.29 bits per heavy atom. The van der Waals surface area contributed by atoms with Gasteiger partial charge in [0.1, 0.15) is 5.69 Å². The molecule has 17 heavy (non-hydrogen) atoms. The number of rotatable bonds is 2. The van der Waals surface area contributed by atoms with Crippen LogP contribution in [0.25, 0.3) is 5.69 Å². The fraction of sp³-hybridized carbons (Fsp3) is 0. The second-order valence-electron chi connectivity index (χ2n) is 3.31. The molecular formula is C11H6Cl2INO2. The molecule has 0 unspecified atom stereocenters. The summed E-state index contributed by atoms with van der Waals surface area (Å²) in [7, 11) is 0. The molecule has 3 nitrogen and oxygen atoms in total. The Morgan fingerprint density at radius 2 is 2.00 bits per heavy atom. The number of benzene rings is 1. The van der Waals surface area contributed by atoms with Crippen molar-refractivity contribution in [2.45, 2.75) is 0 Å². The first-order chi connectivity index (χ1) is 7.99. The van der Waals surface area contributed by atoms with Crippen LogP contribution in [-0.4, -0.2) is 15.6 Å². The highest BCUT2D eigenvalue weighted by Gasteiger charge is 2.14. The van der Waals surface area contributed by atoms with Crippen molar-refractivity contribution < 1.29 is 9.90 Å². The fourth-order valence-corrected chi connectivity index (χ4v) is 2.54. The smallest absolute Gasteiger partial charge is 0.352 e. The van der Waals surface area contributed by atoms with Gasteiger partial charge in [-0.1, -0.05) is 23.2 Å². The van der Waals surface area contributed by atoms with E-state index in [2.05, 4.69) is 22.6 Å². The molecule has 0 amide bonds. The Hall–Kier alpha value is -0.720. The van der Waals surface area contributed by atoms with Gasteiger partial charge < -0.3 is 9.67 Å². The maximum Gasteiger partial charge on any atom is 0.352 e. The van der Waals surface area contributed by atoms with Crippen LogP contribution in [0, 0.1) is 3.57 Å². The van der Waals surface area contributed by atoms with Crippen LogP contribution in [0.15, 0.2) is 30.5 Å². The third kappa shape index (κ3) is 2.59. The molecular weight excluding hydrogens is 376 g/mol. The number of halogens is 3. The lowest BCUT2D eigenvalue weighted by Gasteiger charge is -2.08. The molecule has 0 aliphatic carbocycles. The summed E-state index contributed by atoms with van der Waals surface area (Å²) in [5.74, 6) is -1.00. The summed E-state index contributed by atoms with van der Waals surface area (Å²) in [5.41, 5.74) is 0.759. The van der Waals surface area contributed by atoms with Gasteiger partial charge in [0.25, 0.3) is 0 Å². The Labute approximate surface area is 121 Å². The number of carboxylic acid groups (broad SMARTS) is 1. The van der Waals surface area contributed by atoms with Gasteiger partial charge in [0.15, 0.2) is 0 Å². The molecule has 1 aromatic heterocycles. The number of hydrogen-bond acceptors (Lipinski definition) is 1. The predicted molar refractivity (Wildman–Crippen MR) is 75.5 cm³/mol. The summed E-state index contributed by atoms with van der Waals surface area (Å²) in [6, 6.07) is 6.51. The van der Waals surface area contributed by atoms with E-state index in [1.807, 2.05) is 0 Å². The molecule has 0 saturated heterocycles. The van der Waals surface area contributed by atoms with Gasteiger partial charge in [-0.15, -0.1) is 0 Å². The summed E-state index contributed by atoms with van der Waals surface area (Å²) in [6.45, 7) is 0. The molecule has 0 radical (unpaired) electrons. The maximum absolute atomic E-state index is 11.1. The van der Waals surface area contributed by atoms with Gasteiger partial charge in [0, 0.05) is 14.8 Å². The van der Waals surface area contributed by atoms with Crippen molar-refractivity contribution in [2.75, 3.05) is 0 Å². The Kier molecular flexibility index (Phi) is 3.65. The third-order valence-corrected chi connectivity index (χ3v) is 3.30. The van der Waals surface area contributed by atoms with E-state index in [4.69, 9.17) is 28.3 Å². The molecule has 2 rings (SSSR count). The second kappa shape index (κ2) is 4.88. The summed E-state index contributed by atoms with van der Waals surface area (Å²) in [5, 5.41) is 10.0. The van der Waals surface area contributed by atoms with E-state index in [0.29, 0.717) is 15.7 Å². The number of carbonyl (C=O) groups is 1. The molecule has 2 aromatic rings. The van der Waals surface area contributed by atoms with Crippen molar-refractivity contribution in [3.63, 3.8) is 0 Å². The molecule has 1 heterocycles. The molecule has 0 aliphatic rings. The SMILES string of the molecule is O=C(O)c1cc(I)cn1-c1ccc(Cl)cc1Cl. The largest absolute Gasteiger partial charge is 0.477 e. The van der Waals surface area contributed by atoms with Crippen LogP contribution in [0.1, 0.15) is 10.5 Å². The van der Waals surface area contributed by atoms with E-state index in [1.54, 1.807) is 30.5 Å². The number of aromatic nitrogens is 1.